The predicted molar refractivity (Wildman–Crippen MR) is 54.5 cm³/mol. The molecule has 76 valence electrons. The summed E-state index contributed by atoms with van der Waals surface area (Å²) >= 11 is 0. The van der Waals surface area contributed by atoms with Gasteiger partial charge in [-0.3, -0.25) is 15.1 Å². The zero-order valence-electron chi connectivity index (χ0n) is 7.54. The number of nitrogen functional groups attached to an aromatic ring is 1. The van der Waals surface area contributed by atoms with Crippen molar-refractivity contribution in [2.45, 2.75) is 0 Å². The average Bonchev–Trinajstić information content (AvgIpc) is 2.19. The number of aromatic nitrogens is 1. The molecule has 6 heteroatoms. The number of nitrogens with two attached hydrogens (primary N) is 1. The van der Waals surface area contributed by atoms with Crippen LogP contribution in [0.25, 0.3) is 10.8 Å². The van der Waals surface area contributed by atoms with Crippen molar-refractivity contribution in [1.29, 1.82) is 0 Å². The molecule has 0 aliphatic carbocycles. The summed E-state index contributed by atoms with van der Waals surface area (Å²) in [7, 11) is 0. The topological polar surface area (TPSA) is 102 Å². The van der Waals surface area contributed by atoms with Crippen molar-refractivity contribution >= 4 is 22.1 Å². The Morgan fingerprint density at radius 2 is 2.27 bits per heavy atom. The van der Waals surface area contributed by atoms with E-state index in [1.54, 1.807) is 6.07 Å². The van der Waals surface area contributed by atoms with Crippen LogP contribution in [0, 0.1) is 10.1 Å². The highest BCUT2D eigenvalue weighted by Gasteiger charge is 2.20. The van der Waals surface area contributed by atoms with E-state index >= 15 is 0 Å². The van der Waals surface area contributed by atoms with Gasteiger partial charge in [-0.2, -0.15) is 0 Å². The number of aromatic hydroxyl groups is 1. The molecule has 3 N–H and O–H groups in total. The maximum absolute atomic E-state index is 10.8. The number of hydrogen-bond acceptors (Lipinski definition) is 5. The van der Waals surface area contributed by atoms with Crippen LogP contribution >= 0.6 is 0 Å². The summed E-state index contributed by atoms with van der Waals surface area (Å²) in [5, 5.41) is 21.1. The van der Waals surface area contributed by atoms with Crippen LogP contribution in [0.3, 0.4) is 0 Å². The summed E-state index contributed by atoms with van der Waals surface area (Å²) in [5.74, 6) is -0.513. The van der Waals surface area contributed by atoms with E-state index in [-0.39, 0.29) is 11.1 Å². The van der Waals surface area contributed by atoms with Crippen LogP contribution in [0.4, 0.5) is 11.4 Å². The number of benzene rings is 1. The molecule has 1 aromatic heterocycles. The minimum atomic E-state index is -0.671. The Labute approximate surface area is 84.1 Å². The molecule has 2 rings (SSSR count). The Morgan fingerprint density at radius 3 is 2.93 bits per heavy atom. The molecule has 0 bridgehead atoms. The Kier molecular flexibility index (Phi) is 1.89. The van der Waals surface area contributed by atoms with E-state index in [9.17, 15) is 15.2 Å². The largest absolute Gasteiger partial charge is 0.501 e. The van der Waals surface area contributed by atoms with Crippen LogP contribution in [0.2, 0.25) is 0 Å². The third-order valence-corrected chi connectivity index (χ3v) is 2.10. The fourth-order valence-corrected chi connectivity index (χ4v) is 1.41. The Morgan fingerprint density at radius 1 is 1.53 bits per heavy atom. The van der Waals surface area contributed by atoms with E-state index in [0.717, 1.165) is 0 Å². The summed E-state index contributed by atoms with van der Waals surface area (Å²) in [4.78, 5) is 13.8. The van der Waals surface area contributed by atoms with Crippen molar-refractivity contribution in [3.63, 3.8) is 0 Å². The predicted octanol–water partition coefficient (Wildman–Crippen LogP) is 1.43. The van der Waals surface area contributed by atoms with Gasteiger partial charge in [-0.05, 0) is 17.5 Å². The molecule has 0 saturated carbocycles. The molecule has 0 amide bonds. The fourth-order valence-electron chi connectivity index (χ4n) is 1.41. The maximum Gasteiger partial charge on any atom is 0.322 e. The molecular weight excluding hydrogens is 198 g/mol. The van der Waals surface area contributed by atoms with E-state index in [2.05, 4.69) is 4.98 Å². The van der Waals surface area contributed by atoms with Crippen molar-refractivity contribution in [2.24, 2.45) is 0 Å². The smallest absolute Gasteiger partial charge is 0.322 e. The van der Waals surface area contributed by atoms with Crippen LogP contribution in [-0.4, -0.2) is 15.0 Å². The molecule has 0 radical (unpaired) electrons. The van der Waals surface area contributed by atoms with Crippen LogP contribution in [0.15, 0.2) is 24.5 Å². The Hall–Kier alpha value is -2.37. The number of pyridine rings is 1. The van der Waals surface area contributed by atoms with Crippen LogP contribution in [0.1, 0.15) is 0 Å². The first-order chi connectivity index (χ1) is 7.11. The molecule has 1 heterocycles. The highest BCUT2D eigenvalue weighted by Crippen LogP contribution is 2.38. The van der Waals surface area contributed by atoms with Gasteiger partial charge in [0.25, 0.3) is 0 Å². The first-order valence-corrected chi connectivity index (χ1v) is 4.11. The molecule has 0 aliphatic rings. The standard InChI is InChI=1S/C9H7N3O3/c10-7-3-5-1-2-11-4-6(5)8(9(7)13)12(14)15/h1-4,13H,10H2. The second kappa shape index (κ2) is 3.09. The van der Waals surface area contributed by atoms with Crippen LogP contribution in [-0.2, 0) is 0 Å². The summed E-state index contributed by atoms with van der Waals surface area (Å²) in [6.07, 6.45) is 2.83. The fraction of sp³-hybridized carbons (Fsp3) is 0. The van der Waals surface area contributed by atoms with Crippen LogP contribution in [0.5, 0.6) is 5.75 Å². The van der Waals surface area contributed by atoms with Crippen molar-refractivity contribution in [1.82, 2.24) is 4.98 Å². The molecular formula is C9H7N3O3. The van der Waals surface area contributed by atoms with E-state index in [0.29, 0.717) is 5.39 Å². The summed E-state index contributed by atoms with van der Waals surface area (Å²) in [6.45, 7) is 0. The molecule has 2 aromatic rings. The van der Waals surface area contributed by atoms with Gasteiger partial charge < -0.3 is 10.8 Å². The summed E-state index contributed by atoms with van der Waals surface area (Å²) in [6, 6.07) is 3.07. The zero-order valence-corrected chi connectivity index (χ0v) is 7.54. The minimum absolute atomic E-state index is 0.0135. The Bertz CT molecular complexity index is 554. The van der Waals surface area contributed by atoms with Gasteiger partial charge in [0, 0.05) is 12.4 Å². The lowest BCUT2D eigenvalue weighted by Crippen LogP contribution is -1.95. The van der Waals surface area contributed by atoms with Crippen molar-refractivity contribution in [3.05, 3.63) is 34.6 Å². The monoisotopic (exact) mass is 205 g/mol. The van der Waals surface area contributed by atoms with Crippen LogP contribution < -0.4 is 5.73 Å². The number of nitro groups is 1. The quantitative estimate of drug-likeness (QED) is 0.317. The SMILES string of the molecule is Nc1cc2ccncc2c([N+](=O)[O-])c1O. The van der Waals surface area contributed by atoms with Crippen molar-refractivity contribution < 1.29 is 10.0 Å². The lowest BCUT2D eigenvalue weighted by atomic mass is 10.1. The first kappa shape index (κ1) is 9.20. The van der Waals surface area contributed by atoms with Crippen molar-refractivity contribution in [3.8, 4) is 5.75 Å². The highest BCUT2D eigenvalue weighted by atomic mass is 16.6. The third-order valence-electron chi connectivity index (χ3n) is 2.10. The third kappa shape index (κ3) is 1.32. The summed E-state index contributed by atoms with van der Waals surface area (Å²) < 4.78 is 0. The number of hydrogen-bond donors (Lipinski definition) is 2. The van der Waals surface area contributed by atoms with Gasteiger partial charge in [0.15, 0.2) is 0 Å². The second-order valence-electron chi connectivity index (χ2n) is 3.02. The van der Waals surface area contributed by atoms with E-state index < -0.39 is 16.4 Å². The summed E-state index contributed by atoms with van der Waals surface area (Å²) in [5.41, 5.74) is 5.03. The molecule has 15 heavy (non-hydrogen) atoms. The van der Waals surface area contributed by atoms with Gasteiger partial charge in [0.05, 0.1) is 16.0 Å². The van der Waals surface area contributed by atoms with Gasteiger partial charge in [-0.1, -0.05) is 0 Å². The number of nitro benzene ring substituents is 1. The van der Waals surface area contributed by atoms with Crippen molar-refractivity contribution in [2.75, 3.05) is 5.73 Å². The molecule has 0 atom stereocenters. The molecule has 0 fully saturated rings. The number of fused-ring (bicyclic) bond motifs is 1. The Balaban J connectivity index is 2.95. The van der Waals surface area contributed by atoms with Gasteiger partial charge in [0.2, 0.25) is 5.75 Å². The number of phenolic OH excluding ortho intramolecular Hbond substituents is 1. The van der Waals surface area contributed by atoms with E-state index in [4.69, 9.17) is 5.73 Å². The number of anilines is 1. The highest BCUT2D eigenvalue weighted by molar-refractivity contribution is 5.96. The number of phenols is 1. The normalized spacial score (nSPS) is 10.4. The van der Waals surface area contributed by atoms with Gasteiger partial charge in [0.1, 0.15) is 0 Å². The number of rotatable bonds is 1. The minimum Gasteiger partial charge on any atom is -0.501 e. The lowest BCUT2D eigenvalue weighted by Gasteiger charge is -2.03. The van der Waals surface area contributed by atoms with Gasteiger partial charge in [-0.25, -0.2) is 0 Å². The molecule has 1 aromatic carbocycles. The van der Waals surface area contributed by atoms with Gasteiger partial charge >= 0.3 is 5.69 Å². The van der Waals surface area contributed by atoms with E-state index in [1.165, 1.54) is 18.5 Å². The molecule has 6 nitrogen and oxygen atoms in total. The maximum atomic E-state index is 10.8. The first-order valence-electron chi connectivity index (χ1n) is 4.11. The molecule has 0 spiro atoms. The molecule has 0 unspecified atom stereocenters. The van der Waals surface area contributed by atoms with Gasteiger partial charge in [-0.15, -0.1) is 0 Å². The lowest BCUT2D eigenvalue weighted by molar-refractivity contribution is -0.384. The number of nitrogens with zero attached hydrogens (tertiary/aromatic N) is 2. The molecule has 0 aliphatic heterocycles. The average molecular weight is 205 g/mol. The van der Waals surface area contributed by atoms with E-state index in [1.807, 2.05) is 0 Å². The second-order valence-corrected chi connectivity index (χ2v) is 3.02. The zero-order chi connectivity index (χ0) is 11.0. The molecule has 0 saturated heterocycles.